The molecule has 4 aromatic rings. The summed E-state index contributed by atoms with van der Waals surface area (Å²) in [5, 5.41) is 14.9. The number of nitrogens with two attached hydrogens (primary N) is 2. The van der Waals surface area contributed by atoms with Crippen LogP contribution in [0.4, 0.5) is 35.1 Å². The number of carbonyl (C=O) groups is 2. The highest BCUT2D eigenvalue weighted by atomic mass is 19.4. The fourth-order valence-corrected chi connectivity index (χ4v) is 6.34. The van der Waals surface area contributed by atoms with E-state index >= 15 is 0 Å². The summed E-state index contributed by atoms with van der Waals surface area (Å²) in [6.45, 7) is 3.64. The Morgan fingerprint density at radius 2 is 1.19 bits per heavy atom. The number of benzene rings is 2. The lowest BCUT2D eigenvalue weighted by Gasteiger charge is -2.22. The van der Waals surface area contributed by atoms with Crippen molar-refractivity contribution in [2.75, 3.05) is 26.2 Å². The van der Waals surface area contributed by atoms with Crippen LogP contribution < -0.4 is 11.5 Å². The average molecular weight is 771 g/mol. The zero-order valence-electron chi connectivity index (χ0n) is 29.1. The number of hydrogen-bond donors (Lipinski definition) is 2. The number of amides is 2. The van der Waals surface area contributed by atoms with Gasteiger partial charge < -0.3 is 30.4 Å². The Balaban J connectivity index is 0.000000210. The van der Waals surface area contributed by atoms with Gasteiger partial charge in [-0.1, -0.05) is 0 Å². The molecule has 12 nitrogen and oxygen atoms in total. The van der Waals surface area contributed by atoms with Gasteiger partial charge >= 0.3 is 6.18 Å². The van der Waals surface area contributed by atoms with Gasteiger partial charge in [-0.05, 0) is 55.2 Å². The number of alkyl halides is 3. The minimum absolute atomic E-state index is 0.000783. The topological polar surface area (TPSA) is 154 Å². The van der Waals surface area contributed by atoms with Crippen LogP contribution in [0.25, 0.3) is 0 Å². The van der Waals surface area contributed by atoms with Gasteiger partial charge in [0.1, 0.15) is 34.9 Å². The molecule has 2 aliphatic heterocycles. The second kappa shape index (κ2) is 17.0. The molecule has 4 heterocycles. The number of aromatic nitrogens is 6. The van der Waals surface area contributed by atoms with Crippen LogP contribution in [0.2, 0.25) is 0 Å². The summed E-state index contributed by atoms with van der Waals surface area (Å²) >= 11 is 0. The Hall–Kier alpha value is -4.98. The number of fused-ring (bicyclic) bond motifs is 2. The molecule has 2 amide bonds. The van der Waals surface area contributed by atoms with E-state index in [1.165, 1.54) is 4.90 Å². The maximum Gasteiger partial charge on any atom is 0.451 e. The zero-order chi connectivity index (χ0) is 39.3. The molecular formula is C34H38F8N10O2. The summed E-state index contributed by atoms with van der Waals surface area (Å²) in [6.07, 6.45) is -4.15. The van der Waals surface area contributed by atoms with E-state index in [4.69, 9.17) is 11.5 Å². The van der Waals surface area contributed by atoms with Crippen molar-refractivity contribution in [3.05, 3.63) is 93.8 Å². The van der Waals surface area contributed by atoms with E-state index < -0.39 is 59.1 Å². The van der Waals surface area contributed by atoms with Crippen LogP contribution in [0.15, 0.2) is 30.3 Å². The Bertz CT molecular complexity index is 1970. The number of rotatable bonds is 8. The largest absolute Gasteiger partial charge is 0.451 e. The molecule has 2 aromatic heterocycles. The first-order valence-electron chi connectivity index (χ1n) is 17.0. The number of hydrogen-bond acceptors (Lipinski definition) is 8. The number of halogens is 8. The van der Waals surface area contributed by atoms with Crippen LogP contribution in [0, 0.1) is 36.0 Å². The molecule has 20 heteroatoms. The van der Waals surface area contributed by atoms with E-state index in [0.29, 0.717) is 38.2 Å². The summed E-state index contributed by atoms with van der Waals surface area (Å²) in [4.78, 5) is 28.0. The summed E-state index contributed by atoms with van der Waals surface area (Å²) in [7, 11) is 0. The third-order valence-corrected chi connectivity index (χ3v) is 9.13. The van der Waals surface area contributed by atoms with Crippen LogP contribution in [0.1, 0.15) is 47.3 Å². The van der Waals surface area contributed by atoms with Gasteiger partial charge in [0, 0.05) is 83.1 Å². The highest BCUT2D eigenvalue weighted by Gasteiger charge is 2.39. The number of carbonyl (C=O) groups excluding carboxylic acids is 2. The summed E-state index contributed by atoms with van der Waals surface area (Å²) in [5.41, 5.74) is 11.9. The molecule has 2 aliphatic rings. The van der Waals surface area contributed by atoms with Crippen molar-refractivity contribution in [1.29, 1.82) is 0 Å². The molecule has 2 atom stereocenters. The maximum absolute atomic E-state index is 13.7. The lowest BCUT2D eigenvalue weighted by atomic mass is 10.0. The van der Waals surface area contributed by atoms with E-state index in [9.17, 15) is 44.7 Å². The van der Waals surface area contributed by atoms with Crippen LogP contribution in [0.3, 0.4) is 0 Å². The smallest absolute Gasteiger partial charge is 0.340 e. The van der Waals surface area contributed by atoms with Gasteiger partial charge in [0.25, 0.3) is 0 Å². The summed E-state index contributed by atoms with van der Waals surface area (Å²) < 4.78 is 109. The van der Waals surface area contributed by atoms with E-state index in [0.717, 1.165) is 34.4 Å². The fourth-order valence-electron chi connectivity index (χ4n) is 6.34. The predicted molar refractivity (Wildman–Crippen MR) is 176 cm³/mol. The van der Waals surface area contributed by atoms with Gasteiger partial charge in [-0.2, -0.15) is 13.2 Å². The van der Waals surface area contributed by atoms with Gasteiger partial charge in [0.15, 0.2) is 11.6 Å². The number of nitrogens with zero attached hydrogens (tertiary/aromatic N) is 8. The number of aryl methyl sites for hydroxylation is 1. The highest BCUT2D eigenvalue weighted by Crippen LogP contribution is 2.29. The van der Waals surface area contributed by atoms with Crippen molar-refractivity contribution in [3.63, 3.8) is 0 Å². The Morgan fingerprint density at radius 1 is 0.667 bits per heavy atom. The Kier molecular flexibility index (Phi) is 12.7. The molecule has 0 radical (unpaired) electrons. The molecule has 0 saturated heterocycles. The monoisotopic (exact) mass is 770 g/mol. The second-order valence-corrected chi connectivity index (χ2v) is 13.1. The molecule has 2 aromatic carbocycles. The third kappa shape index (κ3) is 9.95. The van der Waals surface area contributed by atoms with Gasteiger partial charge in [-0.25, -0.2) is 22.0 Å². The summed E-state index contributed by atoms with van der Waals surface area (Å²) in [6, 6.07) is 2.91. The maximum atomic E-state index is 13.7. The van der Waals surface area contributed by atoms with Gasteiger partial charge in [0.05, 0.1) is 0 Å². The van der Waals surface area contributed by atoms with Crippen LogP contribution in [0.5, 0.6) is 0 Å². The molecule has 6 rings (SSSR count). The minimum Gasteiger partial charge on any atom is -0.340 e. The molecule has 0 saturated carbocycles. The first-order valence-corrected chi connectivity index (χ1v) is 17.0. The minimum atomic E-state index is -4.65. The highest BCUT2D eigenvalue weighted by molar-refractivity contribution is 5.77. The summed E-state index contributed by atoms with van der Waals surface area (Å²) in [5.74, 6) is -4.35. The lowest BCUT2D eigenvalue weighted by Crippen LogP contribution is -2.38. The third-order valence-electron chi connectivity index (χ3n) is 9.13. The van der Waals surface area contributed by atoms with E-state index in [1.54, 1.807) is 4.90 Å². The van der Waals surface area contributed by atoms with Gasteiger partial charge in [-0.15, -0.1) is 20.4 Å². The fraction of sp³-hybridized carbons (Fsp3) is 0.471. The van der Waals surface area contributed by atoms with Crippen LogP contribution in [-0.4, -0.2) is 89.4 Å². The predicted octanol–water partition coefficient (Wildman–Crippen LogP) is 3.27. The quantitative estimate of drug-likeness (QED) is 0.205. The second-order valence-electron chi connectivity index (χ2n) is 13.1. The van der Waals surface area contributed by atoms with Crippen molar-refractivity contribution in [3.8, 4) is 0 Å². The van der Waals surface area contributed by atoms with Crippen LogP contribution in [-0.2, 0) is 54.5 Å². The molecule has 0 bridgehead atoms. The van der Waals surface area contributed by atoms with E-state index in [1.807, 2.05) is 11.5 Å². The van der Waals surface area contributed by atoms with Crippen molar-refractivity contribution < 1.29 is 44.7 Å². The van der Waals surface area contributed by atoms with Crippen molar-refractivity contribution >= 4 is 11.8 Å². The molecule has 0 aliphatic carbocycles. The molecule has 54 heavy (non-hydrogen) atoms. The van der Waals surface area contributed by atoms with Crippen molar-refractivity contribution in [1.82, 2.24) is 39.3 Å². The van der Waals surface area contributed by atoms with E-state index in [-0.39, 0.29) is 74.6 Å². The van der Waals surface area contributed by atoms with Gasteiger partial charge in [0.2, 0.25) is 17.6 Å². The zero-order valence-corrected chi connectivity index (χ0v) is 29.1. The van der Waals surface area contributed by atoms with Crippen LogP contribution >= 0.6 is 0 Å². The standard InChI is InChI=1S/C17H17F6N5O.C17H21F2N5O/c18-11-8-13(20)12(19)6-9(11)5-10(24)7-15(29)27-2-1-14-25-26-16(17(21,22)23)28(14)4-3-27;1-11-21-22-16-4-5-23(6-7-24(11)16)17(25)10-14(20)9-12-8-13(18)2-3-15(12)19/h6,8,10H,1-5,7,24H2;2-3,8,14H,4-7,9-10,20H2,1H3/t10-;14-/m11/s1. The Labute approximate surface area is 304 Å². The molecule has 0 fully saturated rings. The SMILES string of the molecule is Cc1nnc2n1CCN(C(=O)C[C@H](N)Cc1cc(F)ccc1F)CC2.N[C@@H](CC(=O)N1CCc2nnc(C(F)(F)F)n2CC1)Cc1cc(F)c(F)cc1F. The molecule has 0 unspecified atom stereocenters. The lowest BCUT2D eigenvalue weighted by molar-refractivity contribution is -0.147. The van der Waals surface area contributed by atoms with Crippen molar-refractivity contribution in [2.45, 2.75) is 76.8 Å². The molecule has 0 spiro atoms. The average Bonchev–Trinajstić information content (AvgIpc) is 3.50. The first-order chi connectivity index (χ1) is 25.5. The van der Waals surface area contributed by atoms with E-state index in [2.05, 4.69) is 20.4 Å². The van der Waals surface area contributed by atoms with Gasteiger partial charge in [-0.3, -0.25) is 9.59 Å². The Morgan fingerprint density at radius 3 is 1.78 bits per heavy atom. The molecule has 292 valence electrons. The molecular weight excluding hydrogens is 732 g/mol. The first kappa shape index (κ1) is 40.2. The molecule has 4 N–H and O–H groups in total. The normalized spacial score (nSPS) is 15.7. The van der Waals surface area contributed by atoms with Crippen molar-refractivity contribution in [2.24, 2.45) is 11.5 Å².